The van der Waals surface area contributed by atoms with Gasteiger partial charge in [0, 0.05) is 7.05 Å². The molecule has 0 aliphatic heterocycles. The molecule has 0 amide bonds. The van der Waals surface area contributed by atoms with E-state index in [0.717, 1.165) is 5.56 Å². The summed E-state index contributed by atoms with van der Waals surface area (Å²) in [6.45, 7) is 3.67. The minimum Gasteiger partial charge on any atom is -0.397 e. The third-order valence-electron chi connectivity index (χ3n) is 3.31. The summed E-state index contributed by atoms with van der Waals surface area (Å²) in [7, 11) is -2.16. The standard InChI is InChI=1S/C15H17ClN2O2S/c1-10-4-6-12(7-5-10)18(3)21(19,20)13-8-11(2)15(16)14(17)9-13/h4-9H,17H2,1-3H3. The highest BCUT2D eigenvalue weighted by Gasteiger charge is 2.22. The van der Waals surface area contributed by atoms with Crippen LogP contribution in [-0.2, 0) is 10.0 Å². The van der Waals surface area contributed by atoms with Crippen molar-refractivity contribution >= 4 is 33.0 Å². The van der Waals surface area contributed by atoms with E-state index in [9.17, 15) is 8.42 Å². The fraction of sp³-hybridized carbons (Fsp3) is 0.200. The van der Waals surface area contributed by atoms with Crippen molar-refractivity contribution in [3.8, 4) is 0 Å². The van der Waals surface area contributed by atoms with E-state index in [0.29, 0.717) is 16.3 Å². The Hall–Kier alpha value is -1.72. The quantitative estimate of drug-likeness (QED) is 0.880. The molecule has 2 aromatic carbocycles. The number of aryl methyl sites for hydroxylation is 2. The first-order valence-corrected chi connectivity index (χ1v) is 8.16. The van der Waals surface area contributed by atoms with Crippen molar-refractivity contribution in [1.29, 1.82) is 0 Å². The van der Waals surface area contributed by atoms with Gasteiger partial charge in [-0.05, 0) is 43.7 Å². The van der Waals surface area contributed by atoms with Gasteiger partial charge in [0.1, 0.15) is 0 Å². The molecular formula is C15H17ClN2O2S. The third kappa shape index (κ3) is 2.99. The van der Waals surface area contributed by atoms with Gasteiger partial charge in [-0.1, -0.05) is 29.3 Å². The van der Waals surface area contributed by atoms with Crippen LogP contribution in [0.2, 0.25) is 5.02 Å². The normalized spacial score (nSPS) is 11.4. The molecule has 0 saturated carbocycles. The Bertz CT molecular complexity index is 748. The highest BCUT2D eigenvalue weighted by molar-refractivity contribution is 7.92. The molecule has 21 heavy (non-hydrogen) atoms. The number of nitrogen functional groups attached to an aromatic ring is 1. The minimum absolute atomic E-state index is 0.130. The summed E-state index contributed by atoms with van der Waals surface area (Å²) in [5.74, 6) is 0. The van der Waals surface area contributed by atoms with Crippen LogP contribution in [0.1, 0.15) is 11.1 Å². The molecule has 2 N–H and O–H groups in total. The number of anilines is 2. The molecule has 112 valence electrons. The minimum atomic E-state index is -3.67. The Morgan fingerprint density at radius 3 is 2.19 bits per heavy atom. The smallest absolute Gasteiger partial charge is 0.264 e. The summed E-state index contributed by atoms with van der Waals surface area (Å²) < 4.78 is 26.6. The molecular weight excluding hydrogens is 308 g/mol. The Morgan fingerprint density at radius 2 is 1.67 bits per heavy atom. The van der Waals surface area contributed by atoms with Gasteiger partial charge in [-0.25, -0.2) is 8.42 Å². The Labute approximate surface area is 130 Å². The van der Waals surface area contributed by atoms with E-state index in [2.05, 4.69) is 0 Å². The number of sulfonamides is 1. The lowest BCUT2D eigenvalue weighted by Gasteiger charge is -2.20. The Balaban J connectivity index is 2.49. The molecule has 0 fully saturated rings. The summed E-state index contributed by atoms with van der Waals surface area (Å²) in [4.78, 5) is 0.130. The van der Waals surface area contributed by atoms with Crippen molar-refractivity contribution in [3.05, 3.63) is 52.5 Å². The number of hydrogen-bond acceptors (Lipinski definition) is 3. The first-order chi connectivity index (χ1) is 9.73. The maximum absolute atomic E-state index is 12.7. The molecule has 0 spiro atoms. The van der Waals surface area contributed by atoms with E-state index in [1.807, 2.05) is 19.1 Å². The molecule has 0 atom stereocenters. The van der Waals surface area contributed by atoms with Gasteiger partial charge < -0.3 is 5.73 Å². The van der Waals surface area contributed by atoms with E-state index < -0.39 is 10.0 Å². The van der Waals surface area contributed by atoms with E-state index in [1.54, 1.807) is 19.1 Å². The monoisotopic (exact) mass is 324 g/mol. The molecule has 0 aromatic heterocycles. The lowest BCUT2D eigenvalue weighted by Crippen LogP contribution is -2.26. The van der Waals surface area contributed by atoms with Crippen molar-refractivity contribution in [2.45, 2.75) is 18.7 Å². The van der Waals surface area contributed by atoms with Crippen LogP contribution in [-0.4, -0.2) is 15.5 Å². The van der Waals surface area contributed by atoms with Crippen LogP contribution in [0.3, 0.4) is 0 Å². The van der Waals surface area contributed by atoms with Crippen molar-refractivity contribution in [1.82, 2.24) is 0 Å². The number of hydrogen-bond donors (Lipinski definition) is 1. The topological polar surface area (TPSA) is 63.4 Å². The SMILES string of the molecule is Cc1ccc(N(C)S(=O)(=O)c2cc(C)c(Cl)c(N)c2)cc1. The molecule has 0 bridgehead atoms. The van der Waals surface area contributed by atoms with E-state index in [4.69, 9.17) is 17.3 Å². The summed E-state index contributed by atoms with van der Waals surface area (Å²) >= 11 is 5.98. The maximum atomic E-state index is 12.7. The zero-order valence-electron chi connectivity index (χ0n) is 12.1. The number of rotatable bonds is 3. The highest BCUT2D eigenvalue weighted by Crippen LogP contribution is 2.29. The second-order valence-corrected chi connectivity index (χ2v) is 7.30. The lowest BCUT2D eigenvalue weighted by atomic mass is 10.2. The zero-order valence-corrected chi connectivity index (χ0v) is 13.7. The Kier molecular flexibility index (Phi) is 4.16. The third-order valence-corrected chi connectivity index (χ3v) is 5.59. The molecule has 2 aromatic rings. The van der Waals surface area contributed by atoms with Crippen LogP contribution in [0, 0.1) is 13.8 Å². The highest BCUT2D eigenvalue weighted by atomic mass is 35.5. The molecule has 0 saturated heterocycles. The van der Waals surface area contributed by atoms with Gasteiger partial charge in [0.05, 0.1) is 21.3 Å². The van der Waals surface area contributed by atoms with Gasteiger partial charge >= 0.3 is 0 Å². The van der Waals surface area contributed by atoms with Crippen molar-refractivity contribution in [3.63, 3.8) is 0 Å². The molecule has 0 unspecified atom stereocenters. The summed E-state index contributed by atoms with van der Waals surface area (Å²) in [6.07, 6.45) is 0. The van der Waals surface area contributed by atoms with Crippen LogP contribution < -0.4 is 10.0 Å². The van der Waals surface area contributed by atoms with Gasteiger partial charge in [-0.2, -0.15) is 0 Å². The van der Waals surface area contributed by atoms with Crippen molar-refractivity contribution in [2.24, 2.45) is 0 Å². The number of nitrogens with two attached hydrogens (primary N) is 1. The number of benzene rings is 2. The molecule has 6 heteroatoms. The van der Waals surface area contributed by atoms with Crippen LogP contribution in [0.15, 0.2) is 41.3 Å². The predicted molar refractivity (Wildman–Crippen MR) is 87.4 cm³/mol. The fourth-order valence-corrected chi connectivity index (χ4v) is 3.39. The predicted octanol–water partition coefficient (Wildman–Crippen LogP) is 3.36. The zero-order chi connectivity index (χ0) is 15.8. The maximum Gasteiger partial charge on any atom is 0.264 e. The van der Waals surface area contributed by atoms with E-state index in [1.165, 1.54) is 23.5 Å². The van der Waals surface area contributed by atoms with Crippen LogP contribution in [0.25, 0.3) is 0 Å². The number of halogens is 1. The molecule has 0 heterocycles. The van der Waals surface area contributed by atoms with Crippen molar-refractivity contribution < 1.29 is 8.42 Å². The molecule has 0 aliphatic carbocycles. The van der Waals surface area contributed by atoms with Crippen LogP contribution >= 0.6 is 11.6 Å². The Morgan fingerprint density at radius 1 is 1.10 bits per heavy atom. The van der Waals surface area contributed by atoms with Gasteiger partial charge in [-0.3, -0.25) is 4.31 Å². The molecule has 0 aliphatic rings. The fourth-order valence-electron chi connectivity index (χ4n) is 1.96. The van der Waals surface area contributed by atoms with Crippen molar-refractivity contribution in [2.75, 3.05) is 17.1 Å². The van der Waals surface area contributed by atoms with Crippen LogP contribution in [0.5, 0.6) is 0 Å². The molecule has 4 nitrogen and oxygen atoms in total. The first kappa shape index (κ1) is 15.7. The van der Waals surface area contributed by atoms with Gasteiger partial charge in [0.2, 0.25) is 0 Å². The summed E-state index contributed by atoms with van der Waals surface area (Å²) in [5, 5.41) is 0.381. The van der Waals surface area contributed by atoms with E-state index in [-0.39, 0.29) is 10.6 Å². The average molecular weight is 325 g/mol. The van der Waals surface area contributed by atoms with Gasteiger partial charge in [0.15, 0.2) is 0 Å². The van der Waals surface area contributed by atoms with Gasteiger partial charge in [-0.15, -0.1) is 0 Å². The van der Waals surface area contributed by atoms with Gasteiger partial charge in [0.25, 0.3) is 10.0 Å². The average Bonchev–Trinajstić information content (AvgIpc) is 2.44. The second-order valence-electron chi connectivity index (χ2n) is 4.95. The number of nitrogens with zero attached hydrogens (tertiary/aromatic N) is 1. The second kappa shape index (κ2) is 5.58. The first-order valence-electron chi connectivity index (χ1n) is 6.34. The largest absolute Gasteiger partial charge is 0.397 e. The summed E-state index contributed by atoms with van der Waals surface area (Å²) in [5.41, 5.74) is 8.31. The molecule has 0 radical (unpaired) electrons. The molecule has 2 rings (SSSR count). The van der Waals surface area contributed by atoms with E-state index >= 15 is 0 Å². The lowest BCUT2D eigenvalue weighted by molar-refractivity contribution is 0.594. The van der Waals surface area contributed by atoms with Crippen LogP contribution in [0.4, 0.5) is 11.4 Å². The summed E-state index contributed by atoms with van der Waals surface area (Å²) in [6, 6.07) is 10.2.